The molecule has 3 amide bonds. The van der Waals surface area contributed by atoms with Gasteiger partial charge in [0.2, 0.25) is 5.91 Å². The van der Waals surface area contributed by atoms with E-state index in [9.17, 15) is 14.4 Å². The molecule has 3 rings (SSSR count). The number of nitrogens with one attached hydrogen (secondary N) is 2. The zero-order chi connectivity index (χ0) is 17.8. The standard InChI is InChI=1S/C18H19N3O4/c1-12-10-13(6-7-15(12)21-8-2-5-16(21)22)20-18(24)17(23)19-11-14-4-3-9-25-14/h3-4,6-7,9-10H,2,5,8,11H2,1H3,(H,19,23)(H,20,24). The van der Waals surface area contributed by atoms with Gasteiger partial charge >= 0.3 is 11.8 Å². The van der Waals surface area contributed by atoms with Crippen LogP contribution in [0.25, 0.3) is 0 Å². The Labute approximate surface area is 145 Å². The quantitative estimate of drug-likeness (QED) is 0.832. The predicted octanol–water partition coefficient (Wildman–Crippen LogP) is 1.97. The van der Waals surface area contributed by atoms with Gasteiger partial charge in [-0.05, 0) is 49.2 Å². The molecule has 7 nitrogen and oxygen atoms in total. The Morgan fingerprint density at radius 2 is 2.08 bits per heavy atom. The van der Waals surface area contributed by atoms with Crippen LogP contribution in [0.5, 0.6) is 0 Å². The zero-order valence-corrected chi connectivity index (χ0v) is 13.9. The van der Waals surface area contributed by atoms with Gasteiger partial charge in [0.05, 0.1) is 12.8 Å². The molecule has 130 valence electrons. The summed E-state index contributed by atoms with van der Waals surface area (Å²) < 4.78 is 5.09. The number of aryl methyl sites for hydroxylation is 1. The zero-order valence-electron chi connectivity index (χ0n) is 13.9. The van der Waals surface area contributed by atoms with E-state index < -0.39 is 11.8 Å². The van der Waals surface area contributed by atoms with Crippen molar-refractivity contribution in [1.29, 1.82) is 0 Å². The van der Waals surface area contributed by atoms with Crippen LogP contribution in [0, 0.1) is 6.92 Å². The smallest absolute Gasteiger partial charge is 0.313 e. The molecule has 2 N–H and O–H groups in total. The molecule has 0 saturated carbocycles. The third-order valence-corrected chi connectivity index (χ3v) is 4.03. The van der Waals surface area contributed by atoms with Crippen LogP contribution in [0.15, 0.2) is 41.0 Å². The monoisotopic (exact) mass is 341 g/mol. The van der Waals surface area contributed by atoms with Crippen LogP contribution < -0.4 is 15.5 Å². The van der Waals surface area contributed by atoms with E-state index in [-0.39, 0.29) is 12.5 Å². The summed E-state index contributed by atoms with van der Waals surface area (Å²) in [5.74, 6) is -0.822. The summed E-state index contributed by atoms with van der Waals surface area (Å²) in [6, 6.07) is 8.64. The van der Waals surface area contributed by atoms with Gasteiger partial charge < -0.3 is 20.0 Å². The fourth-order valence-corrected chi connectivity index (χ4v) is 2.79. The van der Waals surface area contributed by atoms with E-state index in [0.717, 1.165) is 17.7 Å². The Morgan fingerprint density at radius 3 is 2.72 bits per heavy atom. The molecule has 25 heavy (non-hydrogen) atoms. The van der Waals surface area contributed by atoms with Gasteiger partial charge in [-0.3, -0.25) is 14.4 Å². The largest absolute Gasteiger partial charge is 0.467 e. The molecule has 0 unspecified atom stereocenters. The maximum atomic E-state index is 12.0. The van der Waals surface area contributed by atoms with Crippen LogP contribution in [-0.2, 0) is 20.9 Å². The number of furan rings is 1. The minimum Gasteiger partial charge on any atom is -0.467 e. The van der Waals surface area contributed by atoms with Gasteiger partial charge in [0.1, 0.15) is 5.76 Å². The van der Waals surface area contributed by atoms with Gasteiger partial charge in [-0.15, -0.1) is 0 Å². The van der Waals surface area contributed by atoms with E-state index in [1.165, 1.54) is 6.26 Å². The summed E-state index contributed by atoms with van der Waals surface area (Å²) in [7, 11) is 0. The third-order valence-electron chi connectivity index (χ3n) is 4.03. The van der Waals surface area contributed by atoms with Gasteiger partial charge in [0.25, 0.3) is 0 Å². The maximum absolute atomic E-state index is 12.0. The van der Waals surface area contributed by atoms with E-state index in [1.807, 2.05) is 6.92 Å². The molecular formula is C18H19N3O4. The molecule has 1 aromatic heterocycles. The highest BCUT2D eigenvalue weighted by molar-refractivity contribution is 6.39. The molecule has 1 aromatic carbocycles. The summed E-state index contributed by atoms with van der Waals surface area (Å²) in [5.41, 5.74) is 2.21. The summed E-state index contributed by atoms with van der Waals surface area (Å²) in [4.78, 5) is 37.4. The SMILES string of the molecule is Cc1cc(NC(=O)C(=O)NCc2ccco2)ccc1N1CCCC1=O. The summed E-state index contributed by atoms with van der Waals surface area (Å²) >= 11 is 0. The first-order valence-corrected chi connectivity index (χ1v) is 8.07. The van der Waals surface area contributed by atoms with E-state index >= 15 is 0 Å². The lowest BCUT2D eigenvalue weighted by Crippen LogP contribution is -2.34. The molecule has 7 heteroatoms. The van der Waals surface area contributed by atoms with Crippen molar-refractivity contribution in [2.75, 3.05) is 16.8 Å². The minimum atomic E-state index is -0.754. The van der Waals surface area contributed by atoms with Gasteiger partial charge in [0.15, 0.2) is 0 Å². The van der Waals surface area contributed by atoms with E-state index in [0.29, 0.717) is 24.4 Å². The van der Waals surface area contributed by atoms with Crippen LogP contribution in [0.3, 0.4) is 0 Å². The average Bonchev–Trinajstić information content (AvgIpc) is 3.24. The number of hydrogen-bond donors (Lipinski definition) is 2. The number of amides is 3. The average molecular weight is 341 g/mol. The van der Waals surface area contributed by atoms with E-state index in [4.69, 9.17) is 4.42 Å². The molecule has 0 atom stereocenters. The highest BCUT2D eigenvalue weighted by Gasteiger charge is 2.23. The highest BCUT2D eigenvalue weighted by Crippen LogP contribution is 2.27. The summed E-state index contributed by atoms with van der Waals surface area (Å²) in [6.07, 6.45) is 2.91. The van der Waals surface area contributed by atoms with Crippen molar-refractivity contribution in [1.82, 2.24) is 5.32 Å². The number of hydrogen-bond acceptors (Lipinski definition) is 4. The van der Waals surface area contributed by atoms with Crippen LogP contribution in [0.1, 0.15) is 24.2 Å². The van der Waals surface area contributed by atoms with E-state index in [1.54, 1.807) is 35.2 Å². The Hall–Kier alpha value is -3.09. The maximum Gasteiger partial charge on any atom is 0.313 e. The summed E-state index contributed by atoms with van der Waals surface area (Å²) in [5, 5.41) is 5.04. The first kappa shape index (κ1) is 16.8. The van der Waals surface area contributed by atoms with Crippen molar-refractivity contribution in [2.24, 2.45) is 0 Å². The lowest BCUT2D eigenvalue weighted by atomic mass is 10.1. The molecule has 0 aliphatic carbocycles. The second kappa shape index (κ2) is 7.21. The molecule has 1 aliphatic rings. The van der Waals surface area contributed by atoms with Crippen molar-refractivity contribution >= 4 is 29.1 Å². The fraction of sp³-hybridized carbons (Fsp3) is 0.278. The number of nitrogens with zero attached hydrogens (tertiary/aromatic N) is 1. The fourth-order valence-electron chi connectivity index (χ4n) is 2.79. The van der Waals surface area contributed by atoms with Gasteiger partial charge in [-0.1, -0.05) is 0 Å². The number of carbonyl (C=O) groups is 3. The molecular weight excluding hydrogens is 322 g/mol. The van der Waals surface area contributed by atoms with Crippen molar-refractivity contribution in [3.05, 3.63) is 47.9 Å². The van der Waals surface area contributed by atoms with Crippen LogP contribution >= 0.6 is 0 Å². The lowest BCUT2D eigenvalue weighted by molar-refractivity contribution is -0.136. The first-order valence-electron chi connectivity index (χ1n) is 8.07. The molecule has 1 aliphatic heterocycles. The summed E-state index contributed by atoms with van der Waals surface area (Å²) in [6.45, 7) is 2.72. The normalized spacial score (nSPS) is 13.8. The van der Waals surface area contributed by atoms with Crippen LogP contribution in [0.2, 0.25) is 0 Å². The van der Waals surface area contributed by atoms with Crippen molar-refractivity contribution < 1.29 is 18.8 Å². The third kappa shape index (κ3) is 3.88. The van der Waals surface area contributed by atoms with Gasteiger partial charge in [0, 0.05) is 24.3 Å². The molecule has 2 aromatic rings. The Morgan fingerprint density at radius 1 is 1.24 bits per heavy atom. The number of anilines is 2. The van der Waals surface area contributed by atoms with E-state index in [2.05, 4.69) is 10.6 Å². The molecule has 0 bridgehead atoms. The Balaban J connectivity index is 1.60. The number of benzene rings is 1. The van der Waals surface area contributed by atoms with Crippen molar-refractivity contribution in [2.45, 2.75) is 26.3 Å². The Kier molecular flexibility index (Phi) is 4.83. The molecule has 0 radical (unpaired) electrons. The second-order valence-corrected chi connectivity index (χ2v) is 5.87. The van der Waals surface area contributed by atoms with Gasteiger partial charge in [-0.2, -0.15) is 0 Å². The van der Waals surface area contributed by atoms with Crippen molar-refractivity contribution in [3.63, 3.8) is 0 Å². The molecule has 2 heterocycles. The second-order valence-electron chi connectivity index (χ2n) is 5.87. The first-order chi connectivity index (χ1) is 12.0. The Bertz CT molecular complexity index is 799. The number of carbonyl (C=O) groups excluding carboxylic acids is 3. The van der Waals surface area contributed by atoms with Crippen molar-refractivity contribution in [3.8, 4) is 0 Å². The lowest BCUT2D eigenvalue weighted by Gasteiger charge is -2.19. The highest BCUT2D eigenvalue weighted by atomic mass is 16.3. The van der Waals surface area contributed by atoms with Crippen LogP contribution in [0.4, 0.5) is 11.4 Å². The minimum absolute atomic E-state index is 0.109. The molecule has 1 fully saturated rings. The topological polar surface area (TPSA) is 91.7 Å². The predicted molar refractivity (Wildman–Crippen MR) is 92.0 cm³/mol. The van der Waals surface area contributed by atoms with Crippen LogP contribution in [-0.4, -0.2) is 24.3 Å². The molecule has 1 saturated heterocycles. The number of rotatable bonds is 4. The van der Waals surface area contributed by atoms with Gasteiger partial charge in [-0.25, -0.2) is 0 Å². The molecule has 0 spiro atoms.